The molecule has 0 spiro atoms. The van der Waals surface area contributed by atoms with Gasteiger partial charge in [-0.3, -0.25) is 0 Å². The molecule has 0 bridgehead atoms. The molecule has 80 valence electrons. The predicted octanol–water partition coefficient (Wildman–Crippen LogP) is 3.32. The van der Waals surface area contributed by atoms with E-state index in [0.29, 0.717) is 0 Å². The van der Waals surface area contributed by atoms with Crippen molar-refractivity contribution in [2.24, 2.45) is 0 Å². The number of benzene rings is 1. The Hall–Kier alpha value is -1.31. The van der Waals surface area contributed by atoms with E-state index in [0.717, 1.165) is 24.9 Å². The molecule has 0 radical (unpaired) electrons. The van der Waals surface area contributed by atoms with E-state index in [-0.39, 0.29) is 0 Å². The lowest BCUT2D eigenvalue weighted by Crippen LogP contribution is -2.01. The molecule has 0 aliphatic carbocycles. The molecule has 1 aromatic carbocycles. The summed E-state index contributed by atoms with van der Waals surface area (Å²) in [7, 11) is 0. The van der Waals surface area contributed by atoms with Crippen molar-refractivity contribution in [2.45, 2.75) is 40.2 Å². The zero-order valence-corrected chi connectivity index (χ0v) is 9.75. The largest absolute Gasteiger partial charge is 0.328 e. The maximum Gasteiger partial charge on any atom is 0.109 e. The van der Waals surface area contributed by atoms with Gasteiger partial charge in [-0.2, -0.15) is 0 Å². The summed E-state index contributed by atoms with van der Waals surface area (Å²) in [4.78, 5) is 4.67. The Morgan fingerprint density at radius 1 is 1.27 bits per heavy atom. The molecule has 2 heteroatoms. The number of aromatic nitrogens is 2. The van der Waals surface area contributed by atoms with Crippen molar-refractivity contribution in [3.8, 4) is 0 Å². The molecule has 1 heterocycles. The van der Waals surface area contributed by atoms with Crippen LogP contribution in [0.25, 0.3) is 11.0 Å². The number of fused-ring (bicyclic) bond motifs is 1. The first-order valence-electron chi connectivity index (χ1n) is 5.72. The summed E-state index contributed by atoms with van der Waals surface area (Å²) in [5, 5.41) is 0. The van der Waals surface area contributed by atoms with E-state index in [9.17, 15) is 0 Å². The van der Waals surface area contributed by atoms with Gasteiger partial charge in [0.15, 0.2) is 0 Å². The minimum atomic E-state index is 1.01. The van der Waals surface area contributed by atoms with Gasteiger partial charge in [0.05, 0.1) is 11.0 Å². The number of aryl methyl sites for hydroxylation is 3. The highest BCUT2D eigenvalue weighted by atomic mass is 15.1. The summed E-state index contributed by atoms with van der Waals surface area (Å²) in [6.07, 6.45) is 2.17. The van der Waals surface area contributed by atoms with Crippen molar-refractivity contribution in [2.75, 3.05) is 0 Å². The molecule has 0 N–H and O–H groups in total. The van der Waals surface area contributed by atoms with E-state index in [4.69, 9.17) is 0 Å². The molecule has 0 amide bonds. The van der Waals surface area contributed by atoms with Crippen molar-refractivity contribution in [1.29, 1.82) is 0 Å². The Bertz CT molecular complexity index is 469. The fraction of sp³-hybridized carbons (Fsp3) is 0.462. The summed E-state index contributed by atoms with van der Waals surface area (Å²) in [5.41, 5.74) is 3.70. The number of nitrogens with zero attached hydrogens (tertiary/aromatic N) is 2. The van der Waals surface area contributed by atoms with E-state index in [2.05, 4.69) is 48.5 Å². The molecule has 1 aromatic heterocycles. The van der Waals surface area contributed by atoms with Gasteiger partial charge >= 0.3 is 0 Å². The quantitative estimate of drug-likeness (QED) is 0.746. The summed E-state index contributed by atoms with van der Waals surface area (Å²) in [6, 6.07) is 6.52. The minimum Gasteiger partial charge on any atom is -0.328 e. The van der Waals surface area contributed by atoms with Crippen molar-refractivity contribution >= 4 is 11.0 Å². The van der Waals surface area contributed by atoms with Gasteiger partial charge in [0.2, 0.25) is 0 Å². The summed E-state index contributed by atoms with van der Waals surface area (Å²) in [5.74, 6) is 1.21. The van der Waals surface area contributed by atoms with Crippen molar-refractivity contribution < 1.29 is 0 Å². The van der Waals surface area contributed by atoms with Crippen LogP contribution in [0.3, 0.4) is 0 Å². The second-order valence-corrected chi connectivity index (χ2v) is 4.03. The molecule has 2 aromatic rings. The zero-order valence-electron chi connectivity index (χ0n) is 9.75. The van der Waals surface area contributed by atoms with Gasteiger partial charge in [-0.15, -0.1) is 0 Å². The van der Waals surface area contributed by atoms with Crippen LogP contribution in [-0.4, -0.2) is 9.55 Å². The number of imidazole rings is 1. The molecule has 0 unspecified atom stereocenters. The molecule has 0 fully saturated rings. The maximum absolute atomic E-state index is 4.67. The van der Waals surface area contributed by atoms with Crippen LogP contribution < -0.4 is 0 Å². The second-order valence-electron chi connectivity index (χ2n) is 4.03. The van der Waals surface area contributed by atoms with Crippen LogP contribution in [0.4, 0.5) is 0 Å². The number of hydrogen-bond acceptors (Lipinski definition) is 1. The molecule has 0 saturated heterocycles. The van der Waals surface area contributed by atoms with Crippen LogP contribution in [0.15, 0.2) is 18.2 Å². The topological polar surface area (TPSA) is 17.8 Å². The molecule has 2 rings (SSSR count). The Kier molecular flexibility index (Phi) is 2.76. The van der Waals surface area contributed by atoms with Gasteiger partial charge < -0.3 is 4.57 Å². The summed E-state index contributed by atoms with van der Waals surface area (Å²) in [6.45, 7) is 7.56. The third kappa shape index (κ3) is 1.76. The fourth-order valence-electron chi connectivity index (χ4n) is 2.03. The Morgan fingerprint density at radius 3 is 2.73 bits per heavy atom. The molecule has 0 saturated carbocycles. The Balaban J connectivity index is 2.63. The van der Waals surface area contributed by atoms with Crippen molar-refractivity contribution in [3.05, 3.63) is 29.6 Å². The van der Waals surface area contributed by atoms with Gasteiger partial charge in [0, 0.05) is 13.0 Å². The smallest absolute Gasteiger partial charge is 0.109 e. The molecular formula is C13H18N2. The van der Waals surface area contributed by atoms with Gasteiger partial charge in [0.25, 0.3) is 0 Å². The SMILES string of the molecule is CCCn1c(CC)nc2cc(C)ccc21. The van der Waals surface area contributed by atoms with Crippen LogP contribution in [0.1, 0.15) is 31.7 Å². The first kappa shape index (κ1) is 10.2. The highest BCUT2D eigenvalue weighted by molar-refractivity contribution is 5.76. The maximum atomic E-state index is 4.67. The third-order valence-corrected chi connectivity index (χ3v) is 2.75. The van der Waals surface area contributed by atoms with Crippen molar-refractivity contribution in [1.82, 2.24) is 9.55 Å². The van der Waals surface area contributed by atoms with Crippen LogP contribution >= 0.6 is 0 Å². The van der Waals surface area contributed by atoms with Crippen LogP contribution in [0.2, 0.25) is 0 Å². The van der Waals surface area contributed by atoms with E-state index >= 15 is 0 Å². The third-order valence-electron chi connectivity index (χ3n) is 2.75. The monoisotopic (exact) mass is 202 g/mol. The fourth-order valence-corrected chi connectivity index (χ4v) is 2.03. The van der Waals surface area contributed by atoms with E-state index in [1.807, 2.05) is 0 Å². The normalized spacial score (nSPS) is 11.1. The molecule has 0 aliphatic heterocycles. The summed E-state index contributed by atoms with van der Waals surface area (Å²) < 4.78 is 2.34. The molecule has 15 heavy (non-hydrogen) atoms. The lowest BCUT2D eigenvalue weighted by Gasteiger charge is -2.05. The van der Waals surface area contributed by atoms with E-state index < -0.39 is 0 Å². The van der Waals surface area contributed by atoms with Crippen LogP contribution in [0, 0.1) is 6.92 Å². The standard InChI is InChI=1S/C13H18N2/c1-4-8-15-12-7-6-10(3)9-11(12)14-13(15)5-2/h6-7,9H,4-5,8H2,1-3H3. The van der Waals surface area contributed by atoms with E-state index in [1.54, 1.807) is 0 Å². The zero-order chi connectivity index (χ0) is 10.8. The summed E-state index contributed by atoms with van der Waals surface area (Å²) >= 11 is 0. The minimum absolute atomic E-state index is 1.01. The predicted molar refractivity (Wildman–Crippen MR) is 64.1 cm³/mol. The number of hydrogen-bond donors (Lipinski definition) is 0. The first-order valence-corrected chi connectivity index (χ1v) is 5.72. The van der Waals surface area contributed by atoms with Gasteiger partial charge in [0.1, 0.15) is 5.82 Å². The molecule has 0 atom stereocenters. The molecular weight excluding hydrogens is 184 g/mol. The lowest BCUT2D eigenvalue weighted by atomic mass is 10.2. The average Bonchev–Trinajstić information content (AvgIpc) is 2.56. The highest BCUT2D eigenvalue weighted by Gasteiger charge is 2.07. The molecule has 0 aliphatic rings. The first-order chi connectivity index (χ1) is 7.26. The van der Waals surface area contributed by atoms with Crippen molar-refractivity contribution in [3.63, 3.8) is 0 Å². The highest BCUT2D eigenvalue weighted by Crippen LogP contribution is 2.18. The number of rotatable bonds is 3. The van der Waals surface area contributed by atoms with Gasteiger partial charge in [-0.25, -0.2) is 4.98 Å². The second kappa shape index (κ2) is 4.05. The Morgan fingerprint density at radius 2 is 2.07 bits per heavy atom. The van der Waals surface area contributed by atoms with Crippen LogP contribution in [-0.2, 0) is 13.0 Å². The van der Waals surface area contributed by atoms with Gasteiger partial charge in [-0.05, 0) is 31.0 Å². The van der Waals surface area contributed by atoms with E-state index in [1.165, 1.54) is 16.9 Å². The Labute approximate surface area is 90.9 Å². The average molecular weight is 202 g/mol. The molecule has 2 nitrogen and oxygen atoms in total. The van der Waals surface area contributed by atoms with Crippen LogP contribution in [0.5, 0.6) is 0 Å². The van der Waals surface area contributed by atoms with Gasteiger partial charge in [-0.1, -0.05) is 19.9 Å². The lowest BCUT2D eigenvalue weighted by molar-refractivity contribution is 0.659.